The number of nitrogens with one attached hydrogen (secondary N) is 2. The third-order valence-electron chi connectivity index (χ3n) is 4.53. The van der Waals surface area contributed by atoms with Crippen molar-refractivity contribution in [2.24, 2.45) is 4.99 Å². The van der Waals surface area contributed by atoms with Crippen LogP contribution in [0.25, 0.3) is 0 Å². The first-order valence-electron chi connectivity index (χ1n) is 9.72. The van der Waals surface area contributed by atoms with Crippen molar-refractivity contribution in [3.05, 3.63) is 0 Å². The maximum atomic E-state index is 12.5. The first-order valence-corrected chi connectivity index (χ1v) is 9.72. The first-order chi connectivity index (χ1) is 12.1. The maximum absolute atomic E-state index is 12.5. The molecule has 0 aromatic carbocycles. The third kappa shape index (κ3) is 9.07. The third-order valence-corrected chi connectivity index (χ3v) is 4.53. The maximum Gasteiger partial charge on any atom is 0.401 e. The van der Waals surface area contributed by atoms with Crippen molar-refractivity contribution in [1.82, 2.24) is 20.4 Å². The molecule has 1 aliphatic rings. The average molecular weight is 380 g/mol. The van der Waals surface area contributed by atoms with Gasteiger partial charge in [0.2, 0.25) is 0 Å². The first kappa shape index (κ1) is 23.0. The molecule has 0 aromatic heterocycles. The molecule has 1 heterocycles. The van der Waals surface area contributed by atoms with E-state index in [1.807, 2.05) is 6.92 Å². The molecule has 1 rings (SSSR count). The summed E-state index contributed by atoms with van der Waals surface area (Å²) in [7, 11) is 0. The van der Waals surface area contributed by atoms with E-state index < -0.39 is 12.7 Å². The summed E-state index contributed by atoms with van der Waals surface area (Å²) < 4.78 is 37.5. The normalized spacial score (nSPS) is 19.8. The van der Waals surface area contributed by atoms with E-state index in [9.17, 15) is 13.2 Å². The highest BCUT2D eigenvalue weighted by Gasteiger charge is 2.34. The molecule has 0 spiro atoms. The van der Waals surface area contributed by atoms with Crippen LogP contribution in [0.4, 0.5) is 13.2 Å². The second-order valence-corrected chi connectivity index (χ2v) is 7.52. The molecule has 154 valence electrons. The second kappa shape index (κ2) is 11.0. The zero-order chi connectivity index (χ0) is 19.7. The molecule has 0 bridgehead atoms. The number of likely N-dealkylation sites (tertiary alicyclic amines) is 1. The lowest BCUT2D eigenvalue weighted by atomic mass is 10.2. The zero-order valence-corrected chi connectivity index (χ0v) is 16.9. The van der Waals surface area contributed by atoms with Gasteiger partial charge in [-0.1, -0.05) is 0 Å². The Hall–Kier alpha value is -1.02. The summed E-state index contributed by atoms with van der Waals surface area (Å²) in [5.41, 5.74) is 0. The number of nitrogens with zero attached hydrogens (tertiary/aromatic N) is 3. The summed E-state index contributed by atoms with van der Waals surface area (Å²) in [6.07, 6.45) is -2.47. The van der Waals surface area contributed by atoms with E-state index in [1.54, 1.807) is 0 Å². The molecular formula is C18H36F3N5. The van der Waals surface area contributed by atoms with Gasteiger partial charge >= 0.3 is 6.18 Å². The van der Waals surface area contributed by atoms with Crippen molar-refractivity contribution in [2.45, 2.75) is 71.8 Å². The Morgan fingerprint density at radius 2 is 1.88 bits per heavy atom. The van der Waals surface area contributed by atoms with E-state index in [0.29, 0.717) is 44.1 Å². The van der Waals surface area contributed by atoms with Gasteiger partial charge in [-0.05, 0) is 47.5 Å². The largest absolute Gasteiger partial charge is 0.401 e. The topological polar surface area (TPSA) is 42.9 Å². The predicted octanol–water partition coefficient (Wildman–Crippen LogP) is 2.69. The number of hydrogen-bond acceptors (Lipinski definition) is 3. The monoisotopic (exact) mass is 379 g/mol. The fourth-order valence-electron chi connectivity index (χ4n) is 3.42. The van der Waals surface area contributed by atoms with Gasteiger partial charge in [-0.3, -0.25) is 14.8 Å². The van der Waals surface area contributed by atoms with Crippen LogP contribution in [0.15, 0.2) is 4.99 Å². The van der Waals surface area contributed by atoms with Gasteiger partial charge in [0, 0.05) is 50.8 Å². The fraction of sp³-hybridized carbons (Fsp3) is 0.944. The van der Waals surface area contributed by atoms with Crippen molar-refractivity contribution in [3.8, 4) is 0 Å². The summed E-state index contributed by atoms with van der Waals surface area (Å²) in [4.78, 5) is 8.48. The Morgan fingerprint density at radius 3 is 2.42 bits per heavy atom. The quantitative estimate of drug-likeness (QED) is 0.367. The molecule has 0 aromatic rings. The minimum atomic E-state index is -4.13. The highest BCUT2D eigenvalue weighted by Crippen LogP contribution is 2.19. The van der Waals surface area contributed by atoms with Crippen LogP contribution in [0.1, 0.15) is 47.5 Å². The number of alkyl halides is 3. The lowest BCUT2D eigenvalue weighted by Crippen LogP contribution is -2.45. The number of halogens is 3. The molecule has 0 aliphatic carbocycles. The smallest absolute Gasteiger partial charge is 0.357 e. The molecular weight excluding hydrogens is 343 g/mol. The summed E-state index contributed by atoms with van der Waals surface area (Å²) in [6, 6.07) is 1.02. The molecule has 0 amide bonds. The summed E-state index contributed by atoms with van der Waals surface area (Å²) >= 11 is 0. The van der Waals surface area contributed by atoms with E-state index in [0.717, 1.165) is 19.5 Å². The van der Waals surface area contributed by atoms with E-state index in [-0.39, 0.29) is 6.04 Å². The summed E-state index contributed by atoms with van der Waals surface area (Å²) in [5, 5.41) is 6.47. The van der Waals surface area contributed by atoms with Crippen LogP contribution in [-0.4, -0.2) is 79.3 Å². The molecule has 1 unspecified atom stereocenters. The highest BCUT2D eigenvalue weighted by molar-refractivity contribution is 5.80. The van der Waals surface area contributed by atoms with Crippen LogP contribution >= 0.6 is 0 Å². The standard InChI is InChI=1S/C18H36F3N5/c1-6-22-17(23-9-7-10-26(14(2)3)15(4)5)24-16-8-11-25(12-16)13-18(19,20)21/h14-16H,6-13H2,1-5H3,(H2,22,23,24). The van der Waals surface area contributed by atoms with Gasteiger partial charge in [-0.25, -0.2) is 0 Å². The Morgan fingerprint density at radius 1 is 1.23 bits per heavy atom. The van der Waals surface area contributed by atoms with Crippen molar-refractivity contribution in [2.75, 3.05) is 39.3 Å². The predicted molar refractivity (Wildman–Crippen MR) is 102 cm³/mol. The van der Waals surface area contributed by atoms with Gasteiger partial charge in [0.25, 0.3) is 0 Å². The molecule has 1 atom stereocenters. The average Bonchev–Trinajstić information content (AvgIpc) is 2.91. The Balaban J connectivity index is 2.44. The van der Waals surface area contributed by atoms with Gasteiger partial charge < -0.3 is 10.6 Å². The summed E-state index contributed by atoms with van der Waals surface area (Å²) in [6.45, 7) is 13.2. The SMILES string of the molecule is CCNC(=NCCCN(C(C)C)C(C)C)NC1CCN(CC(F)(F)F)C1. The van der Waals surface area contributed by atoms with Crippen molar-refractivity contribution < 1.29 is 13.2 Å². The molecule has 0 saturated carbocycles. The van der Waals surface area contributed by atoms with Crippen molar-refractivity contribution >= 4 is 5.96 Å². The van der Waals surface area contributed by atoms with Crippen LogP contribution in [0, 0.1) is 0 Å². The molecule has 1 fully saturated rings. The molecule has 1 aliphatic heterocycles. The lowest BCUT2D eigenvalue weighted by Gasteiger charge is -2.30. The Kier molecular flexibility index (Phi) is 9.71. The van der Waals surface area contributed by atoms with Gasteiger partial charge in [0.15, 0.2) is 5.96 Å². The molecule has 5 nitrogen and oxygen atoms in total. The van der Waals surface area contributed by atoms with Crippen LogP contribution in [-0.2, 0) is 0 Å². The molecule has 26 heavy (non-hydrogen) atoms. The van der Waals surface area contributed by atoms with Crippen molar-refractivity contribution in [1.29, 1.82) is 0 Å². The number of hydrogen-bond donors (Lipinski definition) is 2. The molecule has 0 radical (unpaired) electrons. The molecule has 1 saturated heterocycles. The van der Waals surface area contributed by atoms with Gasteiger partial charge in [-0.2, -0.15) is 13.2 Å². The van der Waals surface area contributed by atoms with Crippen LogP contribution < -0.4 is 10.6 Å². The molecule has 2 N–H and O–H groups in total. The van der Waals surface area contributed by atoms with Gasteiger partial charge in [0.05, 0.1) is 6.54 Å². The van der Waals surface area contributed by atoms with Crippen LogP contribution in [0.2, 0.25) is 0 Å². The number of rotatable bonds is 9. The fourth-order valence-corrected chi connectivity index (χ4v) is 3.42. The Bertz CT molecular complexity index is 416. The number of aliphatic imine (C=N–C) groups is 1. The zero-order valence-electron chi connectivity index (χ0n) is 16.9. The minimum absolute atomic E-state index is 0.0120. The second-order valence-electron chi connectivity index (χ2n) is 7.52. The lowest BCUT2D eigenvalue weighted by molar-refractivity contribution is -0.143. The van der Waals surface area contributed by atoms with E-state index in [4.69, 9.17) is 0 Å². The Labute approximate surface area is 156 Å². The minimum Gasteiger partial charge on any atom is -0.357 e. The van der Waals surface area contributed by atoms with E-state index in [1.165, 1.54) is 4.90 Å². The van der Waals surface area contributed by atoms with Gasteiger partial charge in [-0.15, -0.1) is 0 Å². The number of guanidine groups is 1. The van der Waals surface area contributed by atoms with Gasteiger partial charge in [0.1, 0.15) is 0 Å². The van der Waals surface area contributed by atoms with E-state index in [2.05, 4.69) is 48.2 Å². The van der Waals surface area contributed by atoms with Crippen molar-refractivity contribution in [3.63, 3.8) is 0 Å². The summed E-state index contributed by atoms with van der Waals surface area (Å²) in [5.74, 6) is 0.701. The van der Waals surface area contributed by atoms with Crippen LogP contribution in [0.5, 0.6) is 0 Å². The van der Waals surface area contributed by atoms with E-state index >= 15 is 0 Å². The highest BCUT2D eigenvalue weighted by atomic mass is 19.4. The molecule has 8 heteroatoms. The van der Waals surface area contributed by atoms with Crippen LogP contribution in [0.3, 0.4) is 0 Å².